The molecule has 0 amide bonds. The van der Waals surface area contributed by atoms with Crippen molar-refractivity contribution in [3.8, 4) is 11.5 Å². The minimum absolute atomic E-state index is 0.0232. The summed E-state index contributed by atoms with van der Waals surface area (Å²) in [6.45, 7) is 6.97. The third-order valence-corrected chi connectivity index (χ3v) is 5.01. The van der Waals surface area contributed by atoms with Crippen molar-refractivity contribution in [2.45, 2.75) is 51.6 Å². The predicted molar refractivity (Wildman–Crippen MR) is 76.9 cm³/mol. The van der Waals surface area contributed by atoms with Crippen molar-refractivity contribution in [2.75, 3.05) is 7.11 Å². The zero-order chi connectivity index (χ0) is 13.6. The topological polar surface area (TPSA) is 18.5 Å². The molecule has 1 heterocycles. The van der Waals surface area contributed by atoms with E-state index in [9.17, 15) is 0 Å². The molecule has 2 bridgehead atoms. The average molecular weight is 260 g/mol. The zero-order valence-electron chi connectivity index (χ0n) is 12.4. The Morgan fingerprint density at radius 2 is 2.16 bits per heavy atom. The first-order valence-corrected chi connectivity index (χ1v) is 7.39. The van der Waals surface area contributed by atoms with Crippen LogP contribution in [0.1, 0.15) is 51.5 Å². The van der Waals surface area contributed by atoms with Crippen LogP contribution in [0.2, 0.25) is 0 Å². The largest absolute Gasteiger partial charge is 0.497 e. The van der Waals surface area contributed by atoms with Gasteiger partial charge >= 0.3 is 0 Å². The van der Waals surface area contributed by atoms with Crippen LogP contribution in [-0.4, -0.2) is 12.7 Å². The summed E-state index contributed by atoms with van der Waals surface area (Å²) in [6, 6.07) is 6.33. The van der Waals surface area contributed by atoms with Gasteiger partial charge in [-0.15, -0.1) is 0 Å². The number of fused-ring (bicyclic) bond motifs is 4. The smallest absolute Gasteiger partial charge is 0.127 e. The molecule has 1 aliphatic heterocycles. The quantitative estimate of drug-likeness (QED) is 0.785. The first kappa shape index (κ1) is 12.8. The van der Waals surface area contributed by atoms with Gasteiger partial charge in [-0.05, 0) is 55.6 Å². The summed E-state index contributed by atoms with van der Waals surface area (Å²) in [5, 5.41) is 0. The number of benzene rings is 1. The molecule has 1 aromatic rings. The van der Waals surface area contributed by atoms with Crippen molar-refractivity contribution in [3.05, 3.63) is 23.8 Å². The Balaban J connectivity index is 2.04. The molecule has 3 atom stereocenters. The van der Waals surface area contributed by atoms with Crippen molar-refractivity contribution >= 4 is 0 Å². The highest BCUT2D eigenvalue weighted by molar-refractivity contribution is 5.45. The van der Waals surface area contributed by atoms with Crippen LogP contribution >= 0.6 is 0 Å². The molecule has 0 spiro atoms. The molecule has 1 saturated carbocycles. The third-order valence-electron chi connectivity index (χ3n) is 5.01. The van der Waals surface area contributed by atoms with E-state index in [2.05, 4.69) is 39.0 Å². The normalized spacial score (nSPS) is 32.7. The number of hydrogen-bond donors (Lipinski definition) is 0. The Kier molecular flexibility index (Phi) is 2.99. The van der Waals surface area contributed by atoms with Crippen LogP contribution in [0.25, 0.3) is 0 Å². The van der Waals surface area contributed by atoms with Crippen molar-refractivity contribution in [3.63, 3.8) is 0 Å². The summed E-state index contributed by atoms with van der Waals surface area (Å²) in [6.07, 6.45) is 3.61. The second-order valence-electron chi connectivity index (χ2n) is 6.71. The highest BCUT2D eigenvalue weighted by Gasteiger charge is 2.45. The molecule has 2 heteroatoms. The fourth-order valence-corrected chi connectivity index (χ4v) is 3.92. The maximum absolute atomic E-state index is 6.28. The van der Waals surface area contributed by atoms with E-state index in [1.807, 2.05) is 0 Å². The summed E-state index contributed by atoms with van der Waals surface area (Å²) in [4.78, 5) is 0. The predicted octanol–water partition coefficient (Wildman–Crippen LogP) is 4.39. The van der Waals surface area contributed by atoms with Crippen LogP contribution in [0.15, 0.2) is 18.2 Å². The van der Waals surface area contributed by atoms with E-state index >= 15 is 0 Å². The van der Waals surface area contributed by atoms with E-state index in [1.54, 1.807) is 7.11 Å². The average Bonchev–Trinajstić information content (AvgIpc) is 2.37. The van der Waals surface area contributed by atoms with Gasteiger partial charge in [0.1, 0.15) is 17.1 Å². The van der Waals surface area contributed by atoms with Gasteiger partial charge in [0, 0.05) is 6.07 Å². The fraction of sp³-hybridized carbons (Fsp3) is 0.647. The molecule has 1 aliphatic carbocycles. The summed E-state index contributed by atoms with van der Waals surface area (Å²) < 4.78 is 11.6. The summed E-state index contributed by atoms with van der Waals surface area (Å²) in [5.41, 5.74) is 1.41. The van der Waals surface area contributed by atoms with Crippen LogP contribution in [-0.2, 0) is 0 Å². The third kappa shape index (κ3) is 2.11. The van der Waals surface area contributed by atoms with Crippen LogP contribution in [0.3, 0.4) is 0 Å². The van der Waals surface area contributed by atoms with E-state index in [0.717, 1.165) is 29.8 Å². The molecule has 1 aromatic carbocycles. The van der Waals surface area contributed by atoms with Gasteiger partial charge in [0.2, 0.25) is 0 Å². The Morgan fingerprint density at radius 1 is 1.37 bits per heavy atom. The molecule has 2 nitrogen and oxygen atoms in total. The van der Waals surface area contributed by atoms with E-state index in [0.29, 0.717) is 5.92 Å². The van der Waals surface area contributed by atoms with Crippen LogP contribution in [0.5, 0.6) is 11.5 Å². The first-order chi connectivity index (χ1) is 9.02. The number of rotatable bonds is 2. The molecule has 1 fully saturated rings. The van der Waals surface area contributed by atoms with Gasteiger partial charge in [-0.2, -0.15) is 0 Å². The van der Waals surface area contributed by atoms with Crippen molar-refractivity contribution < 1.29 is 9.47 Å². The summed E-state index contributed by atoms with van der Waals surface area (Å²) >= 11 is 0. The molecular formula is C17H24O2. The monoisotopic (exact) mass is 260 g/mol. The highest BCUT2D eigenvalue weighted by atomic mass is 16.5. The number of hydrogen-bond acceptors (Lipinski definition) is 2. The van der Waals surface area contributed by atoms with Gasteiger partial charge in [-0.1, -0.05) is 19.9 Å². The van der Waals surface area contributed by atoms with Crippen LogP contribution in [0.4, 0.5) is 0 Å². The van der Waals surface area contributed by atoms with Crippen molar-refractivity contribution in [1.82, 2.24) is 0 Å². The lowest BCUT2D eigenvalue weighted by Gasteiger charge is -2.48. The second kappa shape index (κ2) is 4.43. The van der Waals surface area contributed by atoms with Crippen LogP contribution < -0.4 is 9.47 Å². The molecule has 0 unspecified atom stereocenters. The molecule has 0 radical (unpaired) electrons. The zero-order valence-corrected chi connectivity index (χ0v) is 12.4. The van der Waals surface area contributed by atoms with E-state index in [4.69, 9.17) is 9.47 Å². The van der Waals surface area contributed by atoms with Crippen molar-refractivity contribution in [1.29, 1.82) is 0 Å². The number of methoxy groups -OCH3 is 1. The molecule has 3 rings (SSSR count). The maximum Gasteiger partial charge on any atom is 0.127 e. The van der Waals surface area contributed by atoms with Gasteiger partial charge in [0.05, 0.1) is 7.11 Å². The molecule has 19 heavy (non-hydrogen) atoms. The number of ether oxygens (including phenoxy) is 2. The minimum atomic E-state index is 0.0232. The van der Waals surface area contributed by atoms with E-state index in [1.165, 1.54) is 18.4 Å². The van der Waals surface area contributed by atoms with E-state index < -0.39 is 0 Å². The molecule has 0 N–H and O–H groups in total. The molecule has 0 aromatic heterocycles. The van der Waals surface area contributed by atoms with Crippen LogP contribution in [0, 0.1) is 11.8 Å². The molecule has 0 saturated heterocycles. The van der Waals surface area contributed by atoms with Gasteiger partial charge in [0.25, 0.3) is 0 Å². The van der Waals surface area contributed by atoms with E-state index in [-0.39, 0.29) is 5.60 Å². The molecule has 2 aliphatic rings. The summed E-state index contributed by atoms with van der Waals surface area (Å²) in [5.74, 6) is 4.10. The lowest BCUT2D eigenvalue weighted by atomic mass is 9.64. The van der Waals surface area contributed by atoms with Gasteiger partial charge in [0.15, 0.2) is 0 Å². The Bertz CT molecular complexity index is 480. The first-order valence-electron chi connectivity index (χ1n) is 7.39. The maximum atomic E-state index is 6.28. The van der Waals surface area contributed by atoms with Gasteiger partial charge in [-0.25, -0.2) is 0 Å². The Labute approximate surface area is 116 Å². The SMILES string of the molecule is COc1ccc2c(c1)O[C@@]1(C)CC[C@H](C(C)C)[C@@H]2C1. The lowest BCUT2D eigenvalue weighted by Crippen LogP contribution is -2.45. The molecule has 104 valence electrons. The van der Waals surface area contributed by atoms with Crippen molar-refractivity contribution in [2.24, 2.45) is 11.8 Å². The second-order valence-corrected chi connectivity index (χ2v) is 6.71. The standard InChI is InChI=1S/C17H24O2/c1-11(2)13-7-8-17(3)10-15(13)14-6-5-12(18-4)9-16(14)19-17/h5-6,9,11,13,15H,7-8,10H2,1-4H3/t13-,15+,17+/m1/s1. The Morgan fingerprint density at radius 3 is 2.84 bits per heavy atom. The minimum Gasteiger partial charge on any atom is -0.497 e. The highest BCUT2D eigenvalue weighted by Crippen LogP contribution is 2.53. The van der Waals surface area contributed by atoms with Gasteiger partial charge < -0.3 is 9.47 Å². The lowest BCUT2D eigenvalue weighted by molar-refractivity contribution is -0.00782. The fourth-order valence-electron chi connectivity index (χ4n) is 3.92. The summed E-state index contributed by atoms with van der Waals surface area (Å²) in [7, 11) is 1.71. The Hall–Kier alpha value is -1.18. The molecular weight excluding hydrogens is 236 g/mol. The van der Waals surface area contributed by atoms with Gasteiger partial charge in [-0.3, -0.25) is 0 Å².